The molecule has 0 atom stereocenters. The molecule has 1 aromatic rings. The zero-order valence-electron chi connectivity index (χ0n) is 5.45. The molecule has 0 aliphatic carbocycles. The molecule has 2 heteroatoms. The van der Waals surface area contributed by atoms with Gasteiger partial charge in [0.05, 0.1) is 0 Å². The van der Waals surface area contributed by atoms with Crippen LogP contribution in [-0.2, 0) is 0 Å². The van der Waals surface area contributed by atoms with Gasteiger partial charge in [0, 0.05) is 18.5 Å². The molecule has 0 unspecified atom stereocenters. The molecule has 10 heavy (non-hydrogen) atoms. The highest BCUT2D eigenvalue weighted by molar-refractivity contribution is 7.75. The van der Waals surface area contributed by atoms with Crippen LogP contribution in [0.25, 0.3) is 6.08 Å². The van der Waals surface area contributed by atoms with Crippen LogP contribution in [0.2, 0.25) is 0 Å². The van der Waals surface area contributed by atoms with Crippen molar-refractivity contribution in [2.24, 2.45) is 0 Å². The van der Waals surface area contributed by atoms with E-state index >= 15 is 0 Å². The van der Waals surface area contributed by atoms with Gasteiger partial charge >= 0.3 is 0 Å². The Labute approximate surface area is 65.9 Å². The number of para-hydroxylation sites is 1. The van der Waals surface area contributed by atoms with Crippen LogP contribution in [0.1, 0.15) is 5.56 Å². The molecule has 52 valence electrons. The summed E-state index contributed by atoms with van der Waals surface area (Å²) < 4.78 is 4.76. The zero-order chi connectivity index (χ0) is 7.40. The van der Waals surface area contributed by atoms with E-state index in [0.29, 0.717) is 0 Å². The van der Waals surface area contributed by atoms with Gasteiger partial charge in [-0.2, -0.15) is 0 Å². The summed E-state index contributed by atoms with van der Waals surface area (Å²) in [6, 6.07) is 7.56. The van der Waals surface area contributed by atoms with Crippen LogP contribution in [0, 0.1) is 0 Å². The molecule has 0 aromatic heterocycles. The van der Waals surface area contributed by atoms with Crippen molar-refractivity contribution >= 4 is 19.0 Å². The minimum absolute atomic E-state index is 0.737. The fourth-order valence-corrected chi connectivity index (χ4v) is 0.899. The van der Waals surface area contributed by atoms with Crippen molar-refractivity contribution in [1.82, 2.24) is 0 Å². The van der Waals surface area contributed by atoms with E-state index in [1.54, 1.807) is 6.08 Å². The number of benzene rings is 1. The number of thiol groups is 1. The van der Waals surface area contributed by atoms with Crippen LogP contribution in [-0.4, -0.2) is 0 Å². The molecule has 0 aliphatic heterocycles. The molecule has 0 heterocycles. The summed E-state index contributed by atoms with van der Waals surface area (Å²) in [4.78, 5) is 0. The SMILES string of the molecule is C=Cc1ccccc1OS. The Morgan fingerprint density at radius 2 is 2.10 bits per heavy atom. The average molecular weight is 152 g/mol. The van der Waals surface area contributed by atoms with Gasteiger partial charge in [-0.1, -0.05) is 30.9 Å². The molecular weight excluding hydrogens is 144 g/mol. The summed E-state index contributed by atoms with van der Waals surface area (Å²) in [6.45, 7) is 3.63. The first-order valence-electron chi connectivity index (χ1n) is 2.91. The van der Waals surface area contributed by atoms with Crippen LogP contribution in [0.15, 0.2) is 30.8 Å². The maximum atomic E-state index is 4.76. The first-order chi connectivity index (χ1) is 4.88. The topological polar surface area (TPSA) is 9.23 Å². The van der Waals surface area contributed by atoms with Crippen molar-refractivity contribution in [3.63, 3.8) is 0 Å². The van der Waals surface area contributed by atoms with Crippen LogP contribution >= 0.6 is 12.9 Å². The van der Waals surface area contributed by atoms with E-state index in [1.807, 2.05) is 24.3 Å². The quantitative estimate of drug-likeness (QED) is 0.506. The number of hydrogen-bond acceptors (Lipinski definition) is 2. The fraction of sp³-hybridized carbons (Fsp3) is 0. The van der Waals surface area contributed by atoms with E-state index < -0.39 is 0 Å². The highest BCUT2D eigenvalue weighted by Crippen LogP contribution is 2.19. The summed E-state index contributed by atoms with van der Waals surface area (Å²) in [6.07, 6.45) is 1.73. The summed E-state index contributed by atoms with van der Waals surface area (Å²) in [5.74, 6) is 0.737. The summed E-state index contributed by atoms with van der Waals surface area (Å²) >= 11 is 3.69. The lowest BCUT2D eigenvalue weighted by atomic mass is 10.2. The predicted octanol–water partition coefficient (Wildman–Crippen LogP) is 2.55. The molecule has 1 aromatic carbocycles. The van der Waals surface area contributed by atoms with Gasteiger partial charge in [0.15, 0.2) is 0 Å². The minimum Gasteiger partial charge on any atom is -0.428 e. The Hall–Kier alpha value is -0.890. The summed E-state index contributed by atoms with van der Waals surface area (Å²) in [7, 11) is 0. The van der Waals surface area contributed by atoms with E-state index in [0.717, 1.165) is 11.3 Å². The maximum absolute atomic E-state index is 4.76. The average Bonchev–Trinajstić information content (AvgIpc) is 2.04. The van der Waals surface area contributed by atoms with Crippen molar-refractivity contribution in [1.29, 1.82) is 0 Å². The van der Waals surface area contributed by atoms with E-state index in [1.165, 1.54) is 0 Å². The van der Waals surface area contributed by atoms with Crippen molar-refractivity contribution in [2.45, 2.75) is 0 Å². The molecule has 0 aliphatic rings. The Morgan fingerprint density at radius 1 is 1.40 bits per heavy atom. The van der Waals surface area contributed by atoms with Crippen molar-refractivity contribution in [3.8, 4) is 5.75 Å². The molecule has 0 fully saturated rings. The Kier molecular flexibility index (Phi) is 2.40. The molecule has 0 bridgehead atoms. The van der Waals surface area contributed by atoms with Crippen LogP contribution in [0.5, 0.6) is 5.75 Å². The van der Waals surface area contributed by atoms with Crippen LogP contribution in [0.3, 0.4) is 0 Å². The molecule has 1 rings (SSSR count). The molecule has 0 N–H and O–H groups in total. The second-order valence-corrected chi connectivity index (χ2v) is 2.02. The van der Waals surface area contributed by atoms with Gasteiger partial charge < -0.3 is 4.18 Å². The summed E-state index contributed by atoms with van der Waals surface area (Å²) in [5, 5.41) is 0. The highest BCUT2D eigenvalue weighted by Gasteiger charge is 1.94. The highest BCUT2D eigenvalue weighted by atomic mass is 32.1. The van der Waals surface area contributed by atoms with Gasteiger partial charge in [-0.05, 0) is 6.07 Å². The second kappa shape index (κ2) is 3.32. The van der Waals surface area contributed by atoms with Crippen molar-refractivity contribution in [3.05, 3.63) is 36.4 Å². The fourth-order valence-electron chi connectivity index (χ4n) is 0.732. The molecular formula is C8H8OS. The smallest absolute Gasteiger partial charge is 0.144 e. The third-order valence-corrected chi connectivity index (χ3v) is 1.43. The molecule has 0 amide bonds. The lowest BCUT2D eigenvalue weighted by Gasteiger charge is -1.99. The Morgan fingerprint density at radius 3 is 2.60 bits per heavy atom. The third-order valence-electron chi connectivity index (χ3n) is 1.24. The number of rotatable bonds is 2. The largest absolute Gasteiger partial charge is 0.428 e. The number of hydrogen-bond donors (Lipinski definition) is 1. The van der Waals surface area contributed by atoms with Crippen molar-refractivity contribution in [2.75, 3.05) is 0 Å². The third kappa shape index (κ3) is 1.33. The molecule has 1 nitrogen and oxygen atoms in total. The van der Waals surface area contributed by atoms with E-state index in [-0.39, 0.29) is 0 Å². The first-order valence-corrected chi connectivity index (χ1v) is 3.28. The molecule has 0 spiro atoms. The van der Waals surface area contributed by atoms with E-state index in [9.17, 15) is 0 Å². The molecule has 0 saturated heterocycles. The maximum Gasteiger partial charge on any atom is 0.144 e. The normalized spacial score (nSPS) is 8.90. The lowest BCUT2D eigenvalue weighted by Crippen LogP contribution is -1.78. The van der Waals surface area contributed by atoms with Gasteiger partial charge in [-0.3, -0.25) is 0 Å². The lowest BCUT2D eigenvalue weighted by molar-refractivity contribution is 0.657. The van der Waals surface area contributed by atoms with Crippen LogP contribution < -0.4 is 4.18 Å². The monoisotopic (exact) mass is 152 g/mol. The van der Waals surface area contributed by atoms with E-state index in [2.05, 4.69) is 19.5 Å². The van der Waals surface area contributed by atoms with E-state index in [4.69, 9.17) is 4.18 Å². The van der Waals surface area contributed by atoms with Gasteiger partial charge in [0.1, 0.15) is 5.75 Å². The summed E-state index contributed by atoms with van der Waals surface area (Å²) in [5.41, 5.74) is 0.956. The van der Waals surface area contributed by atoms with Crippen LogP contribution in [0.4, 0.5) is 0 Å². The predicted molar refractivity (Wildman–Crippen MR) is 46.1 cm³/mol. The van der Waals surface area contributed by atoms with Gasteiger partial charge in [0.2, 0.25) is 0 Å². The van der Waals surface area contributed by atoms with Crippen molar-refractivity contribution < 1.29 is 4.18 Å². The first kappa shape index (κ1) is 7.22. The zero-order valence-corrected chi connectivity index (χ0v) is 6.34. The molecule has 0 radical (unpaired) electrons. The Balaban J connectivity index is 3.08. The van der Waals surface area contributed by atoms with Gasteiger partial charge in [-0.15, -0.1) is 0 Å². The second-order valence-electron chi connectivity index (χ2n) is 1.83. The Bertz CT molecular complexity index is 232. The van der Waals surface area contributed by atoms with Gasteiger partial charge in [-0.25, -0.2) is 0 Å². The van der Waals surface area contributed by atoms with Gasteiger partial charge in [0.25, 0.3) is 0 Å². The minimum atomic E-state index is 0.737. The standard InChI is InChI=1S/C8H8OS/c1-2-7-5-3-4-6-8(7)9-10/h2-6,10H,1H2. The molecule has 0 saturated carbocycles.